The lowest BCUT2D eigenvalue weighted by Crippen LogP contribution is -2.53. The molecule has 3 rings (SSSR count). The molecule has 0 N–H and O–H groups in total. The van der Waals surface area contributed by atoms with Crippen LogP contribution in [0.5, 0.6) is 0 Å². The summed E-state index contributed by atoms with van der Waals surface area (Å²) < 4.78 is 37.4. The number of piperazine rings is 1. The van der Waals surface area contributed by atoms with Crippen molar-refractivity contribution in [3.63, 3.8) is 0 Å². The van der Waals surface area contributed by atoms with Gasteiger partial charge in [0.15, 0.2) is 0 Å². The van der Waals surface area contributed by atoms with Crippen LogP contribution in [0.1, 0.15) is 23.2 Å². The molecule has 0 atom stereocenters. The Hall–Kier alpha value is -1.80. The van der Waals surface area contributed by atoms with Gasteiger partial charge >= 0.3 is 6.18 Å². The Bertz CT molecular complexity index is 713. The van der Waals surface area contributed by atoms with Crippen LogP contribution in [0.2, 0.25) is 5.02 Å². The maximum atomic E-state index is 12.7. The van der Waals surface area contributed by atoms with Crippen LogP contribution in [-0.4, -0.2) is 78.5 Å². The summed E-state index contributed by atoms with van der Waals surface area (Å²) in [5.74, 6) is -0.365. The first-order chi connectivity index (χ1) is 13.2. The third-order valence-corrected chi connectivity index (χ3v) is 5.52. The number of hydrogen-bond donors (Lipinski definition) is 0. The standard InChI is InChI=1S/C19H23ClF3N3O2/c20-16-3-1-2-15(12-16)18(28)26-10-8-25(9-11-26)17(27)14-4-6-24(7-5-14)13-19(21,22)23/h1-3,12,14H,4-11,13H2. The van der Waals surface area contributed by atoms with E-state index in [1.54, 1.807) is 34.1 Å². The van der Waals surface area contributed by atoms with Crippen LogP contribution in [-0.2, 0) is 4.79 Å². The van der Waals surface area contributed by atoms with Crippen LogP contribution in [0.3, 0.4) is 0 Å². The number of nitrogens with zero attached hydrogens (tertiary/aromatic N) is 3. The molecule has 0 bridgehead atoms. The summed E-state index contributed by atoms with van der Waals surface area (Å²) in [7, 11) is 0. The first-order valence-electron chi connectivity index (χ1n) is 9.36. The van der Waals surface area contributed by atoms with Gasteiger partial charge in [-0.05, 0) is 44.1 Å². The highest BCUT2D eigenvalue weighted by molar-refractivity contribution is 6.30. The summed E-state index contributed by atoms with van der Waals surface area (Å²) in [6, 6.07) is 6.76. The third kappa shape index (κ3) is 5.38. The number of alkyl halides is 3. The summed E-state index contributed by atoms with van der Waals surface area (Å²) in [5.41, 5.74) is 0.518. The molecule has 9 heteroatoms. The lowest BCUT2D eigenvalue weighted by atomic mass is 9.95. The molecule has 5 nitrogen and oxygen atoms in total. The zero-order valence-corrected chi connectivity index (χ0v) is 16.2. The zero-order valence-electron chi connectivity index (χ0n) is 15.4. The number of benzene rings is 1. The number of carbonyl (C=O) groups is 2. The summed E-state index contributed by atoms with van der Waals surface area (Å²) in [6.45, 7) is 1.39. The predicted molar refractivity (Wildman–Crippen MR) is 99.2 cm³/mol. The number of hydrogen-bond acceptors (Lipinski definition) is 3. The van der Waals surface area contributed by atoms with E-state index in [1.807, 2.05) is 0 Å². The second kappa shape index (κ2) is 8.69. The van der Waals surface area contributed by atoms with E-state index in [1.165, 1.54) is 4.90 Å². The van der Waals surface area contributed by atoms with Crippen molar-refractivity contribution in [2.45, 2.75) is 19.0 Å². The molecule has 2 saturated heterocycles. The zero-order chi connectivity index (χ0) is 20.3. The fraction of sp³-hybridized carbons (Fsp3) is 0.579. The summed E-state index contributed by atoms with van der Waals surface area (Å²) in [6.07, 6.45) is -3.32. The number of amides is 2. The van der Waals surface area contributed by atoms with Crippen LogP contribution < -0.4 is 0 Å². The van der Waals surface area contributed by atoms with E-state index in [0.717, 1.165) is 0 Å². The molecule has 0 aromatic heterocycles. The molecule has 154 valence electrons. The second-order valence-corrected chi connectivity index (χ2v) is 7.73. The Morgan fingerprint density at radius 1 is 1.00 bits per heavy atom. The van der Waals surface area contributed by atoms with E-state index in [2.05, 4.69) is 0 Å². The Labute approximate surface area is 167 Å². The molecule has 2 aliphatic rings. The van der Waals surface area contributed by atoms with Crippen molar-refractivity contribution in [3.8, 4) is 0 Å². The minimum absolute atomic E-state index is 0.0125. The van der Waals surface area contributed by atoms with Crippen LogP contribution in [0.25, 0.3) is 0 Å². The quantitative estimate of drug-likeness (QED) is 0.759. The van der Waals surface area contributed by atoms with Gasteiger partial charge in [-0.25, -0.2) is 0 Å². The Kier molecular flexibility index (Phi) is 6.50. The molecule has 2 fully saturated rings. The van der Waals surface area contributed by atoms with Crippen molar-refractivity contribution >= 4 is 23.4 Å². The highest BCUT2D eigenvalue weighted by Crippen LogP contribution is 2.24. The Balaban J connectivity index is 1.47. The van der Waals surface area contributed by atoms with Gasteiger partial charge in [0.1, 0.15) is 0 Å². The SMILES string of the molecule is O=C(c1cccc(Cl)c1)N1CCN(C(=O)C2CCN(CC(F)(F)F)CC2)CC1. The van der Waals surface area contributed by atoms with E-state index in [-0.39, 0.29) is 30.8 Å². The molecule has 2 heterocycles. The first-order valence-corrected chi connectivity index (χ1v) is 9.73. The molecule has 1 aromatic rings. The van der Waals surface area contributed by atoms with Crippen molar-refractivity contribution in [1.29, 1.82) is 0 Å². The minimum Gasteiger partial charge on any atom is -0.339 e. The second-order valence-electron chi connectivity index (χ2n) is 7.29. The summed E-state index contributed by atoms with van der Waals surface area (Å²) >= 11 is 5.93. The molecule has 2 aliphatic heterocycles. The fourth-order valence-electron chi connectivity index (χ4n) is 3.78. The van der Waals surface area contributed by atoms with Crippen molar-refractivity contribution < 1.29 is 22.8 Å². The normalized spacial score (nSPS) is 19.7. The molecular weight excluding hydrogens is 395 g/mol. The van der Waals surface area contributed by atoms with Gasteiger partial charge in [-0.15, -0.1) is 0 Å². The lowest BCUT2D eigenvalue weighted by molar-refractivity contribution is -0.151. The van der Waals surface area contributed by atoms with Gasteiger partial charge in [0, 0.05) is 42.7 Å². The Morgan fingerprint density at radius 2 is 1.61 bits per heavy atom. The number of rotatable bonds is 3. The molecule has 2 amide bonds. The van der Waals surface area contributed by atoms with Crippen molar-refractivity contribution in [2.24, 2.45) is 5.92 Å². The predicted octanol–water partition coefficient (Wildman–Crippen LogP) is 2.90. The van der Waals surface area contributed by atoms with E-state index in [0.29, 0.717) is 49.6 Å². The summed E-state index contributed by atoms with van der Waals surface area (Å²) in [4.78, 5) is 30.0. The average molecular weight is 418 g/mol. The van der Waals surface area contributed by atoms with Gasteiger partial charge in [0.05, 0.1) is 6.54 Å². The molecule has 1 aromatic carbocycles. The highest BCUT2D eigenvalue weighted by atomic mass is 35.5. The molecule has 0 aliphatic carbocycles. The van der Waals surface area contributed by atoms with Crippen molar-refractivity contribution in [1.82, 2.24) is 14.7 Å². The fourth-order valence-corrected chi connectivity index (χ4v) is 3.97. The van der Waals surface area contributed by atoms with Crippen molar-refractivity contribution in [3.05, 3.63) is 34.9 Å². The van der Waals surface area contributed by atoms with Crippen LogP contribution in [0.4, 0.5) is 13.2 Å². The average Bonchev–Trinajstić information content (AvgIpc) is 2.66. The van der Waals surface area contributed by atoms with E-state index >= 15 is 0 Å². The van der Waals surface area contributed by atoms with E-state index in [4.69, 9.17) is 11.6 Å². The van der Waals surface area contributed by atoms with E-state index < -0.39 is 12.7 Å². The first kappa shape index (κ1) is 20.9. The molecule has 28 heavy (non-hydrogen) atoms. The molecular formula is C19H23ClF3N3O2. The monoisotopic (exact) mass is 417 g/mol. The van der Waals surface area contributed by atoms with Crippen LogP contribution >= 0.6 is 11.6 Å². The number of piperidine rings is 1. The largest absolute Gasteiger partial charge is 0.401 e. The molecule has 0 unspecified atom stereocenters. The highest BCUT2D eigenvalue weighted by Gasteiger charge is 2.35. The number of carbonyl (C=O) groups excluding carboxylic acids is 2. The Morgan fingerprint density at radius 3 is 2.18 bits per heavy atom. The number of likely N-dealkylation sites (tertiary alicyclic amines) is 1. The maximum absolute atomic E-state index is 12.7. The van der Waals surface area contributed by atoms with Gasteiger partial charge in [0.25, 0.3) is 5.91 Å². The van der Waals surface area contributed by atoms with Crippen LogP contribution in [0.15, 0.2) is 24.3 Å². The molecule has 0 spiro atoms. The smallest absolute Gasteiger partial charge is 0.339 e. The third-order valence-electron chi connectivity index (χ3n) is 5.29. The maximum Gasteiger partial charge on any atom is 0.401 e. The van der Waals surface area contributed by atoms with Gasteiger partial charge in [0.2, 0.25) is 5.91 Å². The minimum atomic E-state index is -4.21. The molecule has 0 saturated carbocycles. The van der Waals surface area contributed by atoms with Gasteiger partial charge < -0.3 is 9.80 Å². The van der Waals surface area contributed by atoms with Crippen molar-refractivity contribution in [2.75, 3.05) is 45.8 Å². The number of halogens is 4. The van der Waals surface area contributed by atoms with Gasteiger partial charge in [-0.1, -0.05) is 17.7 Å². The van der Waals surface area contributed by atoms with E-state index in [9.17, 15) is 22.8 Å². The summed E-state index contributed by atoms with van der Waals surface area (Å²) in [5, 5.41) is 0.497. The molecule has 0 radical (unpaired) electrons. The van der Waals surface area contributed by atoms with Gasteiger partial charge in [-0.2, -0.15) is 13.2 Å². The topological polar surface area (TPSA) is 43.9 Å². The van der Waals surface area contributed by atoms with Crippen LogP contribution in [0, 0.1) is 5.92 Å². The lowest BCUT2D eigenvalue weighted by Gasteiger charge is -2.38. The van der Waals surface area contributed by atoms with Gasteiger partial charge in [-0.3, -0.25) is 14.5 Å².